The van der Waals surface area contributed by atoms with E-state index in [1.807, 2.05) is 29.0 Å². The highest BCUT2D eigenvalue weighted by molar-refractivity contribution is 7.98. The van der Waals surface area contributed by atoms with Crippen LogP contribution in [0, 0.1) is 0 Å². The molecule has 0 amide bonds. The third-order valence-corrected chi connectivity index (χ3v) is 5.79. The lowest BCUT2D eigenvalue weighted by atomic mass is 10.3. The van der Waals surface area contributed by atoms with Gasteiger partial charge in [0.2, 0.25) is 11.7 Å². The molecule has 4 aromatic heterocycles. The SMILES string of the molecule is c1coc(Cn2c(SCc3nc(-c4ccsc4)no3)nnc2C2CC2)c1. The number of hydrogen-bond acceptors (Lipinski definition) is 8. The van der Waals surface area contributed by atoms with E-state index in [0.29, 0.717) is 29.9 Å². The van der Waals surface area contributed by atoms with Crippen LogP contribution in [0.2, 0.25) is 0 Å². The van der Waals surface area contributed by atoms with Gasteiger partial charge in [-0.3, -0.25) is 4.57 Å². The molecular weight excluding hydrogens is 370 g/mol. The normalized spacial score (nSPS) is 14.2. The Morgan fingerprint density at radius 1 is 1.27 bits per heavy atom. The molecule has 1 aliphatic carbocycles. The second kappa shape index (κ2) is 6.73. The predicted molar refractivity (Wildman–Crippen MR) is 97.0 cm³/mol. The maximum atomic E-state index is 5.50. The molecule has 0 saturated heterocycles. The van der Waals surface area contributed by atoms with Crippen molar-refractivity contribution in [1.29, 1.82) is 0 Å². The fourth-order valence-electron chi connectivity index (χ4n) is 2.71. The van der Waals surface area contributed by atoms with Crippen LogP contribution in [0.5, 0.6) is 0 Å². The Balaban J connectivity index is 1.34. The third kappa shape index (κ3) is 3.19. The lowest BCUT2D eigenvalue weighted by molar-refractivity contribution is 0.391. The van der Waals surface area contributed by atoms with E-state index < -0.39 is 0 Å². The average molecular weight is 385 g/mol. The molecule has 0 unspecified atom stereocenters. The van der Waals surface area contributed by atoms with E-state index in [4.69, 9.17) is 8.94 Å². The molecule has 1 saturated carbocycles. The maximum Gasteiger partial charge on any atom is 0.237 e. The zero-order valence-corrected chi connectivity index (χ0v) is 15.4. The summed E-state index contributed by atoms with van der Waals surface area (Å²) in [6.45, 7) is 0.637. The average Bonchev–Trinajstić information content (AvgIpc) is 3.17. The van der Waals surface area contributed by atoms with Gasteiger partial charge in [-0.15, -0.1) is 10.2 Å². The number of rotatable bonds is 7. The van der Waals surface area contributed by atoms with Gasteiger partial charge in [-0.1, -0.05) is 16.9 Å². The van der Waals surface area contributed by atoms with Gasteiger partial charge in [0.15, 0.2) is 5.16 Å². The quantitative estimate of drug-likeness (QED) is 0.441. The molecule has 0 spiro atoms. The Labute approximate surface area is 157 Å². The van der Waals surface area contributed by atoms with E-state index in [2.05, 4.69) is 24.9 Å². The van der Waals surface area contributed by atoms with Gasteiger partial charge in [-0.25, -0.2) is 0 Å². The molecule has 1 aliphatic rings. The molecule has 0 N–H and O–H groups in total. The van der Waals surface area contributed by atoms with Crippen LogP contribution >= 0.6 is 23.1 Å². The van der Waals surface area contributed by atoms with Gasteiger partial charge in [0, 0.05) is 16.9 Å². The van der Waals surface area contributed by atoms with Crippen molar-refractivity contribution in [1.82, 2.24) is 24.9 Å². The summed E-state index contributed by atoms with van der Waals surface area (Å²) in [7, 11) is 0. The van der Waals surface area contributed by atoms with Crippen LogP contribution in [0.3, 0.4) is 0 Å². The molecule has 4 aromatic rings. The van der Waals surface area contributed by atoms with Crippen molar-refractivity contribution in [2.45, 2.75) is 36.2 Å². The Morgan fingerprint density at radius 3 is 3.00 bits per heavy atom. The first-order valence-electron chi connectivity index (χ1n) is 8.30. The summed E-state index contributed by atoms with van der Waals surface area (Å²) >= 11 is 3.16. The topological polar surface area (TPSA) is 82.8 Å². The lowest BCUT2D eigenvalue weighted by Crippen LogP contribution is -2.05. The van der Waals surface area contributed by atoms with Crippen molar-refractivity contribution in [3.8, 4) is 11.4 Å². The van der Waals surface area contributed by atoms with E-state index in [0.717, 1.165) is 22.3 Å². The molecule has 0 radical (unpaired) electrons. The maximum absolute atomic E-state index is 5.50. The minimum Gasteiger partial charge on any atom is -0.467 e. The van der Waals surface area contributed by atoms with Gasteiger partial charge >= 0.3 is 0 Å². The molecular formula is C17H15N5O2S2. The van der Waals surface area contributed by atoms with Crippen LogP contribution in [0.1, 0.15) is 36.2 Å². The molecule has 0 aliphatic heterocycles. The minimum absolute atomic E-state index is 0.514. The molecule has 4 heterocycles. The van der Waals surface area contributed by atoms with Gasteiger partial charge < -0.3 is 8.94 Å². The zero-order chi connectivity index (χ0) is 17.3. The highest BCUT2D eigenvalue weighted by Gasteiger charge is 2.30. The summed E-state index contributed by atoms with van der Waals surface area (Å²) in [5.41, 5.74) is 0.979. The molecule has 5 rings (SSSR count). The molecule has 26 heavy (non-hydrogen) atoms. The molecule has 7 nitrogen and oxygen atoms in total. The number of thiophene rings is 1. The number of hydrogen-bond donors (Lipinski definition) is 0. The van der Waals surface area contributed by atoms with E-state index in [1.165, 1.54) is 12.8 Å². The van der Waals surface area contributed by atoms with Crippen LogP contribution < -0.4 is 0 Å². The number of furan rings is 1. The van der Waals surface area contributed by atoms with Gasteiger partial charge in [-0.05, 0) is 36.4 Å². The Kier molecular flexibility index (Phi) is 4.10. The fraction of sp³-hybridized carbons (Fsp3) is 0.294. The molecule has 0 bridgehead atoms. The Bertz CT molecular complexity index is 987. The zero-order valence-electron chi connectivity index (χ0n) is 13.7. The van der Waals surface area contributed by atoms with Crippen molar-refractivity contribution >= 4 is 23.1 Å². The summed E-state index contributed by atoms with van der Waals surface area (Å²) in [6.07, 6.45) is 4.04. The summed E-state index contributed by atoms with van der Waals surface area (Å²) in [5.74, 6) is 4.20. The van der Waals surface area contributed by atoms with Crippen molar-refractivity contribution in [3.05, 3.63) is 52.7 Å². The first-order valence-corrected chi connectivity index (χ1v) is 10.2. The van der Waals surface area contributed by atoms with Crippen molar-refractivity contribution in [2.75, 3.05) is 0 Å². The molecule has 132 valence electrons. The smallest absolute Gasteiger partial charge is 0.237 e. The van der Waals surface area contributed by atoms with Crippen molar-refractivity contribution < 1.29 is 8.94 Å². The molecule has 0 atom stereocenters. The summed E-state index contributed by atoms with van der Waals surface area (Å²) in [4.78, 5) is 4.46. The number of aromatic nitrogens is 5. The second-order valence-electron chi connectivity index (χ2n) is 6.09. The van der Waals surface area contributed by atoms with Gasteiger partial charge in [-0.2, -0.15) is 16.3 Å². The second-order valence-corrected chi connectivity index (χ2v) is 7.82. The predicted octanol–water partition coefficient (Wildman–Crippen LogP) is 4.20. The molecule has 0 aromatic carbocycles. The summed E-state index contributed by atoms with van der Waals surface area (Å²) in [6, 6.07) is 5.85. The fourth-order valence-corrected chi connectivity index (χ4v) is 4.12. The van der Waals surface area contributed by atoms with Crippen LogP contribution in [-0.2, 0) is 12.3 Å². The van der Waals surface area contributed by atoms with Crippen LogP contribution in [-0.4, -0.2) is 24.9 Å². The van der Waals surface area contributed by atoms with E-state index in [9.17, 15) is 0 Å². The third-order valence-electron chi connectivity index (χ3n) is 4.15. The Hall–Kier alpha value is -2.39. The molecule has 9 heteroatoms. The largest absolute Gasteiger partial charge is 0.467 e. The number of nitrogens with zero attached hydrogens (tertiary/aromatic N) is 5. The van der Waals surface area contributed by atoms with Crippen molar-refractivity contribution in [3.63, 3.8) is 0 Å². The number of thioether (sulfide) groups is 1. The highest BCUT2D eigenvalue weighted by Crippen LogP contribution is 2.40. The van der Waals surface area contributed by atoms with E-state index in [-0.39, 0.29) is 0 Å². The monoisotopic (exact) mass is 385 g/mol. The van der Waals surface area contributed by atoms with Gasteiger partial charge in [0.1, 0.15) is 11.6 Å². The van der Waals surface area contributed by atoms with E-state index in [1.54, 1.807) is 29.4 Å². The summed E-state index contributed by atoms with van der Waals surface area (Å²) in [5, 5.41) is 17.7. The lowest BCUT2D eigenvalue weighted by Gasteiger charge is -2.07. The van der Waals surface area contributed by atoms with Gasteiger partial charge in [0.25, 0.3) is 0 Å². The van der Waals surface area contributed by atoms with Crippen molar-refractivity contribution in [2.24, 2.45) is 0 Å². The van der Waals surface area contributed by atoms with Gasteiger partial charge in [0.05, 0.1) is 18.6 Å². The summed E-state index contributed by atoms with van der Waals surface area (Å²) < 4.78 is 13.0. The standard InChI is InChI=1S/C17H15N5O2S2/c1-2-13(23-6-1)8-22-16(11-3-4-11)19-20-17(22)26-10-14-18-15(21-24-14)12-5-7-25-9-12/h1-2,5-7,9,11H,3-4,8,10H2. The van der Waals surface area contributed by atoms with Crippen LogP contribution in [0.15, 0.2) is 49.3 Å². The first kappa shape index (κ1) is 15.8. The Morgan fingerprint density at radius 2 is 2.23 bits per heavy atom. The van der Waals surface area contributed by atoms with Crippen LogP contribution in [0.25, 0.3) is 11.4 Å². The first-order chi connectivity index (χ1) is 12.9. The van der Waals surface area contributed by atoms with E-state index >= 15 is 0 Å². The molecule has 1 fully saturated rings. The minimum atomic E-state index is 0.514. The van der Waals surface area contributed by atoms with Crippen LogP contribution in [0.4, 0.5) is 0 Å². The highest BCUT2D eigenvalue weighted by atomic mass is 32.2.